The van der Waals surface area contributed by atoms with Gasteiger partial charge >= 0.3 is 5.97 Å². The number of amides is 1. The fourth-order valence-corrected chi connectivity index (χ4v) is 4.01. The molecule has 26 heavy (non-hydrogen) atoms. The summed E-state index contributed by atoms with van der Waals surface area (Å²) in [5, 5.41) is 12.8. The summed E-state index contributed by atoms with van der Waals surface area (Å²) in [7, 11) is 0. The molecule has 2 saturated heterocycles. The molecule has 2 fully saturated rings. The maximum absolute atomic E-state index is 12.5. The lowest BCUT2D eigenvalue weighted by Crippen LogP contribution is -2.49. The predicted molar refractivity (Wildman–Crippen MR) is 99.0 cm³/mol. The average molecular weight is 360 g/mol. The van der Waals surface area contributed by atoms with E-state index in [1.54, 1.807) is 12.4 Å². The van der Waals surface area contributed by atoms with E-state index in [4.69, 9.17) is 0 Å². The van der Waals surface area contributed by atoms with Gasteiger partial charge in [-0.25, -0.2) is 0 Å². The van der Waals surface area contributed by atoms with Crippen molar-refractivity contribution in [1.29, 1.82) is 0 Å². The molecule has 2 aliphatic rings. The molecular formula is C19H28N4O3. The second kappa shape index (κ2) is 8.98. The number of piperidine rings is 1. The molecule has 0 radical (unpaired) electrons. The van der Waals surface area contributed by atoms with Crippen LogP contribution in [0.3, 0.4) is 0 Å². The van der Waals surface area contributed by atoms with Crippen LogP contribution in [0.1, 0.15) is 25.7 Å². The van der Waals surface area contributed by atoms with Crippen LogP contribution in [-0.4, -0.2) is 66.1 Å². The van der Waals surface area contributed by atoms with Gasteiger partial charge in [0.1, 0.15) is 0 Å². The van der Waals surface area contributed by atoms with Crippen molar-refractivity contribution in [2.45, 2.75) is 25.7 Å². The van der Waals surface area contributed by atoms with Crippen molar-refractivity contribution in [2.24, 2.45) is 11.8 Å². The van der Waals surface area contributed by atoms with Gasteiger partial charge in [0.05, 0.1) is 5.92 Å². The minimum absolute atomic E-state index is 0.0829. The average Bonchev–Trinajstić information content (AvgIpc) is 2.69. The van der Waals surface area contributed by atoms with Crippen LogP contribution in [-0.2, 0) is 9.59 Å². The Morgan fingerprint density at radius 1 is 1.15 bits per heavy atom. The third-order valence-electron chi connectivity index (χ3n) is 5.60. The number of anilines is 1. The monoisotopic (exact) mass is 360 g/mol. The predicted octanol–water partition coefficient (Wildman–Crippen LogP) is 1.21. The van der Waals surface area contributed by atoms with Gasteiger partial charge in [-0.15, -0.1) is 0 Å². The molecule has 0 saturated carbocycles. The van der Waals surface area contributed by atoms with Crippen molar-refractivity contribution >= 4 is 17.6 Å². The Morgan fingerprint density at radius 2 is 1.81 bits per heavy atom. The van der Waals surface area contributed by atoms with E-state index in [1.807, 2.05) is 17.0 Å². The van der Waals surface area contributed by atoms with Gasteiger partial charge in [0.2, 0.25) is 5.91 Å². The molecule has 1 amide bonds. The summed E-state index contributed by atoms with van der Waals surface area (Å²) in [5.74, 6) is -0.893. The first-order valence-corrected chi connectivity index (χ1v) is 9.51. The number of carboxylic acids is 1. The van der Waals surface area contributed by atoms with Crippen LogP contribution in [0.25, 0.3) is 0 Å². The zero-order valence-electron chi connectivity index (χ0n) is 15.1. The van der Waals surface area contributed by atoms with Gasteiger partial charge in [0.25, 0.3) is 0 Å². The molecule has 7 heteroatoms. The Bertz CT molecular complexity index is 596. The lowest BCUT2D eigenvalue weighted by Gasteiger charge is -2.36. The second-order valence-corrected chi connectivity index (χ2v) is 7.14. The van der Waals surface area contributed by atoms with Crippen molar-refractivity contribution in [3.05, 3.63) is 24.5 Å². The van der Waals surface area contributed by atoms with E-state index in [0.717, 1.165) is 44.7 Å². The summed E-state index contributed by atoms with van der Waals surface area (Å²) in [6.45, 7) is 4.72. The Hall–Kier alpha value is -2.15. The third kappa shape index (κ3) is 4.72. The number of pyridine rings is 1. The fraction of sp³-hybridized carbons (Fsp3) is 0.632. The van der Waals surface area contributed by atoms with E-state index < -0.39 is 11.9 Å². The maximum atomic E-state index is 12.5. The highest BCUT2D eigenvalue weighted by Gasteiger charge is 2.30. The number of nitrogens with zero attached hydrogens (tertiary/aromatic N) is 3. The number of carbonyl (C=O) groups excluding carboxylic acids is 1. The summed E-state index contributed by atoms with van der Waals surface area (Å²) in [6.07, 6.45) is 6.10. The van der Waals surface area contributed by atoms with Crippen LogP contribution in [0, 0.1) is 11.8 Å². The van der Waals surface area contributed by atoms with Crippen LogP contribution < -0.4 is 10.2 Å². The highest BCUT2D eigenvalue weighted by atomic mass is 16.4. The molecule has 2 aliphatic heterocycles. The number of rotatable bonds is 6. The van der Waals surface area contributed by atoms with Crippen LogP contribution in [0.4, 0.5) is 5.69 Å². The molecule has 142 valence electrons. The van der Waals surface area contributed by atoms with Crippen LogP contribution in [0.2, 0.25) is 0 Å². The Kier molecular flexibility index (Phi) is 6.44. The Labute approximate surface area is 154 Å². The number of carbonyl (C=O) groups is 2. The zero-order chi connectivity index (χ0) is 18.4. The van der Waals surface area contributed by atoms with Gasteiger partial charge in [-0.1, -0.05) is 0 Å². The summed E-state index contributed by atoms with van der Waals surface area (Å²) in [6, 6.07) is 3.96. The van der Waals surface area contributed by atoms with Gasteiger partial charge in [-0.2, -0.15) is 0 Å². The number of hydrogen-bond acceptors (Lipinski definition) is 5. The summed E-state index contributed by atoms with van der Waals surface area (Å²) in [4.78, 5) is 32.3. The molecular weight excluding hydrogens is 332 g/mol. The van der Waals surface area contributed by atoms with E-state index in [9.17, 15) is 14.7 Å². The number of aromatic nitrogens is 1. The number of aliphatic carboxylic acids is 1. The van der Waals surface area contributed by atoms with Crippen molar-refractivity contribution < 1.29 is 14.7 Å². The molecule has 0 spiro atoms. The van der Waals surface area contributed by atoms with Crippen LogP contribution in [0.5, 0.6) is 0 Å². The summed E-state index contributed by atoms with van der Waals surface area (Å²) in [5.41, 5.74) is 1.13. The first kappa shape index (κ1) is 18.6. The highest BCUT2D eigenvalue weighted by molar-refractivity contribution is 5.78. The Morgan fingerprint density at radius 3 is 2.42 bits per heavy atom. The quantitative estimate of drug-likeness (QED) is 0.793. The van der Waals surface area contributed by atoms with Crippen molar-refractivity contribution in [1.82, 2.24) is 15.2 Å². The molecule has 1 unspecified atom stereocenters. The molecule has 0 bridgehead atoms. The highest BCUT2D eigenvalue weighted by Crippen LogP contribution is 2.26. The van der Waals surface area contributed by atoms with E-state index in [0.29, 0.717) is 25.9 Å². The van der Waals surface area contributed by atoms with E-state index >= 15 is 0 Å². The largest absolute Gasteiger partial charge is 0.481 e. The lowest BCUT2D eigenvalue weighted by molar-refractivity contribution is -0.144. The second-order valence-electron chi connectivity index (χ2n) is 7.14. The fourth-order valence-electron chi connectivity index (χ4n) is 4.01. The van der Waals surface area contributed by atoms with E-state index in [1.165, 1.54) is 0 Å². The van der Waals surface area contributed by atoms with Gasteiger partial charge in [-0.05, 0) is 50.4 Å². The number of carboxylic acid groups (broad SMARTS) is 1. The molecule has 0 aliphatic carbocycles. The van der Waals surface area contributed by atoms with Crippen LogP contribution >= 0.6 is 0 Å². The number of nitrogens with one attached hydrogen (secondary N) is 1. The van der Waals surface area contributed by atoms with Crippen molar-refractivity contribution in [3.63, 3.8) is 0 Å². The molecule has 2 N–H and O–H groups in total. The van der Waals surface area contributed by atoms with E-state index in [-0.39, 0.29) is 11.8 Å². The molecule has 1 aromatic rings. The maximum Gasteiger partial charge on any atom is 0.306 e. The minimum Gasteiger partial charge on any atom is -0.481 e. The smallest absolute Gasteiger partial charge is 0.306 e. The van der Waals surface area contributed by atoms with Crippen molar-refractivity contribution in [3.8, 4) is 0 Å². The van der Waals surface area contributed by atoms with Crippen molar-refractivity contribution in [2.75, 3.05) is 44.2 Å². The normalized spacial score (nSPS) is 20.0. The SMILES string of the molecule is O=C(O)C(CCC(=O)N1CCN(c2ccncc2)CC1)C1CCNCC1. The standard InChI is InChI=1S/C19H28N4O3/c24-18(2-1-17(19(25)26)15-3-7-20-8-4-15)23-13-11-22(12-14-23)16-5-9-21-10-6-16/h5-6,9-10,15,17,20H,1-4,7-8,11-14H2,(H,25,26). The number of hydrogen-bond donors (Lipinski definition) is 2. The third-order valence-corrected chi connectivity index (χ3v) is 5.60. The first-order valence-electron chi connectivity index (χ1n) is 9.51. The zero-order valence-corrected chi connectivity index (χ0v) is 15.1. The first-order chi connectivity index (χ1) is 12.6. The summed E-state index contributed by atoms with van der Waals surface area (Å²) >= 11 is 0. The molecule has 1 aromatic heterocycles. The molecule has 3 heterocycles. The number of piperazine rings is 1. The minimum atomic E-state index is -0.757. The van der Waals surface area contributed by atoms with Gasteiger partial charge in [-0.3, -0.25) is 14.6 Å². The van der Waals surface area contributed by atoms with Gasteiger partial charge in [0, 0.05) is 50.7 Å². The van der Waals surface area contributed by atoms with Crippen LogP contribution in [0.15, 0.2) is 24.5 Å². The molecule has 1 atom stereocenters. The van der Waals surface area contributed by atoms with Gasteiger partial charge < -0.3 is 20.2 Å². The lowest BCUT2D eigenvalue weighted by atomic mass is 9.82. The van der Waals surface area contributed by atoms with Gasteiger partial charge in [0.15, 0.2) is 0 Å². The Balaban J connectivity index is 1.47. The van der Waals surface area contributed by atoms with E-state index in [2.05, 4.69) is 15.2 Å². The molecule has 0 aromatic carbocycles. The molecule has 3 rings (SSSR count). The summed E-state index contributed by atoms with van der Waals surface area (Å²) < 4.78 is 0. The molecule has 7 nitrogen and oxygen atoms in total. The topological polar surface area (TPSA) is 85.8 Å².